The third kappa shape index (κ3) is 9.74. The number of carbonyl (C=O) groups excluding carboxylic acids is 1. The largest absolute Gasteiger partial charge is 0.512 e. The Morgan fingerprint density at radius 1 is 0.782 bits per heavy atom. The first-order chi connectivity index (χ1) is 26.0. The van der Waals surface area contributed by atoms with Crippen LogP contribution in [0.25, 0.3) is 44.3 Å². The maximum atomic E-state index is 11.7. The number of aliphatic hydroxyl groups excluding tert-OH is 1. The molecule has 0 aliphatic heterocycles. The quantitative estimate of drug-likeness (QED) is 0.0892. The normalized spacial score (nSPS) is 13.1. The van der Waals surface area contributed by atoms with Crippen molar-refractivity contribution in [3.8, 4) is 22.6 Å². The molecule has 2 heterocycles. The fourth-order valence-corrected chi connectivity index (χ4v) is 7.72. The minimum absolute atomic E-state index is 0. The Hall–Kier alpha value is -4.31. The van der Waals surface area contributed by atoms with Gasteiger partial charge in [-0.05, 0) is 91.2 Å². The second-order valence-corrected chi connectivity index (χ2v) is 15.9. The van der Waals surface area contributed by atoms with Crippen LogP contribution in [0, 0.1) is 17.9 Å². The summed E-state index contributed by atoms with van der Waals surface area (Å²) in [5.74, 6) is 1.44. The molecule has 4 bridgehead atoms. The van der Waals surface area contributed by atoms with E-state index in [2.05, 4.69) is 112 Å². The van der Waals surface area contributed by atoms with Crippen molar-refractivity contribution in [2.45, 2.75) is 105 Å². The maximum absolute atomic E-state index is 11.7. The van der Waals surface area contributed by atoms with Gasteiger partial charge in [-0.15, -0.1) is 29.1 Å². The summed E-state index contributed by atoms with van der Waals surface area (Å²) in [5, 5.41) is 13.4. The number of rotatable bonds is 9. The molecular formula is C50H56IrNO3-. The number of fused-ring (bicyclic) bond motifs is 1. The van der Waals surface area contributed by atoms with E-state index in [1.165, 1.54) is 44.7 Å². The molecule has 6 aromatic rings. The van der Waals surface area contributed by atoms with Crippen LogP contribution < -0.4 is 0 Å². The number of benzene rings is 4. The molecule has 0 atom stereocenters. The van der Waals surface area contributed by atoms with Gasteiger partial charge in [0.15, 0.2) is 5.78 Å². The Morgan fingerprint density at radius 3 is 2.04 bits per heavy atom. The van der Waals surface area contributed by atoms with Crippen molar-refractivity contribution in [3.63, 3.8) is 0 Å². The second kappa shape index (κ2) is 18.5. The summed E-state index contributed by atoms with van der Waals surface area (Å²) in [6.45, 7) is 14.9. The number of nitrogens with zero attached hydrogens (tertiary/aromatic N) is 1. The monoisotopic (exact) mass is 911 g/mol. The standard InChI is InChI=1S/C37H32NO.C13H24O2.Ir/c1-37(2,3)33-21-30(20-28-6-4-5-7-31(28)33)34-22-29(18-19-38-34)35-23-32-26-14-12-24-8-10-25(11-9-24)13-15-27(17-16-26)36(32)39-35;1-5-10(6-2)12(14)9-13(15)11(7-3)8-4;/h4-11,16-19,21-23H,12-15H2,1-3H3;9-11,14H,5-8H2,1-4H3;/q-1;;/b;12-9-;. The molecule has 0 fully saturated rings. The van der Waals surface area contributed by atoms with Crippen LogP contribution in [-0.2, 0) is 56.0 Å². The number of aryl methyl sites for hydroxylation is 4. The summed E-state index contributed by atoms with van der Waals surface area (Å²) >= 11 is 0. The van der Waals surface area contributed by atoms with Gasteiger partial charge in [0.2, 0.25) is 0 Å². The van der Waals surface area contributed by atoms with Crippen LogP contribution in [0.15, 0.2) is 107 Å². The average molecular weight is 911 g/mol. The Balaban J connectivity index is 0.000000311. The number of aliphatic hydroxyl groups is 1. The first-order valence-corrected chi connectivity index (χ1v) is 20.0. The van der Waals surface area contributed by atoms with E-state index < -0.39 is 0 Å². The summed E-state index contributed by atoms with van der Waals surface area (Å²) in [5.41, 5.74) is 10.7. The third-order valence-electron chi connectivity index (χ3n) is 11.2. The smallest absolute Gasteiger partial charge is 0.162 e. The molecule has 0 amide bonds. The fourth-order valence-electron chi connectivity index (χ4n) is 7.72. The van der Waals surface area contributed by atoms with Crippen LogP contribution >= 0.6 is 0 Å². The molecule has 0 saturated carbocycles. The van der Waals surface area contributed by atoms with Crippen LogP contribution in [0.2, 0.25) is 0 Å². The van der Waals surface area contributed by atoms with Gasteiger partial charge in [0.05, 0.1) is 5.76 Å². The fraction of sp³-hybridized carbons (Fsp3) is 0.360. The van der Waals surface area contributed by atoms with Gasteiger partial charge in [-0.2, -0.15) is 0 Å². The van der Waals surface area contributed by atoms with Crippen LogP contribution in [0.1, 0.15) is 102 Å². The van der Waals surface area contributed by atoms with Crippen LogP contribution in [0.3, 0.4) is 0 Å². The van der Waals surface area contributed by atoms with Gasteiger partial charge >= 0.3 is 0 Å². The van der Waals surface area contributed by atoms with Crippen LogP contribution in [-0.4, -0.2) is 15.9 Å². The Labute approximate surface area is 341 Å². The minimum Gasteiger partial charge on any atom is -0.512 e. The summed E-state index contributed by atoms with van der Waals surface area (Å²) in [6.07, 6.45) is 10.8. The third-order valence-corrected chi connectivity index (χ3v) is 11.2. The maximum Gasteiger partial charge on any atom is 0.162 e. The van der Waals surface area contributed by atoms with Gasteiger partial charge in [-0.1, -0.05) is 120 Å². The zero-order chi connectivity index (χ0) is 38.4. The number of hydrogen-bond donors (Lipinski definition) is 1. The molecule has 0 saturated heterocycles. The van der Waals surface area contributed by atoms with Crippen molar-refractivity contribution >= 4 is 27.5 Å². The Kier molecular flexibility index (Phi) is 14.1. The first-order valence-electron chi connectivity index (χ1n) is 20.0. The van der Waals surface area contributed by atoms with Crippen LogP contribution in [0.5, 0.6) is 0 Å². The molecule has 289 valence electrons. The molecule has 55 heavy (non-hydrogen) atoms. The summed E-state index contributed by atoms with van der Waals surface area (Å²) in [6, 6.07) is 34.6. The summed E-state index contributed by atoms with van der Waals surface area (Å²) < 4.78 is 6.65. The molecular weight excluding hydrogens is 855 g/mol. The molecule has 4 aliphatic rings. The molecule has 0 unspecified atom stereocenters. The number of allylic oxidation sites excluding steroid dienone is 2. The van der Waals surface area contributed by atoms with Crippen molar-refractivity contribution in [3.05, 3.63) is 137 Å². The van der Waals surface area contributed by atoms with Gasteiger partial charge in [-0.3, -0.25) is 9.78 Å². The van der Waals surface area contributed by atoms with Gasteiger partial charge in [0, 0.05) is 60.9 Å². The van der Waals surface area contributed by atoms with E-state index in [9.17, 15) is 9.90 Å². The van der Waals surface area contributed by atoms with E-state index in [1.807, 2.05) is 33.9 Å². The Morgan fingerprint density at radius 2 is 1.40 bits per heavy atom. The van der Waals surface area contributed by atoms with Crippen LogP contribution in [0.4, 0.5) is 0 Å². The predicted molar refractivity (Wildman–Crippen MR) is 225 cm³/mol. The molecule has 0 spiro atoms. The number of furan rings is 1. The number of ketones is 1. The number of carbonyl (C=O) groups is 1. The van der Waals surface area contributed by atoms with Gasteiger partial charge in [0.25, 0.3) is 0 Å². The predicted octanol–water partition coefficient (Wildman–Crippen LogP) is 13.2. The van der Waals surface area contributed by atoms with E-state index in [-0.39, 0.29) is 48.9 Å². The molecule has 4 aromatic carbocycles. The zero-order valence-corrected chi connectivity index (χ0v) is 36.0. The van der Waals surface area contributed by atoms with Crippen molar-refractivity contribution < 1.29 is 34.4 Å². The molecule has 10 rings (SSSR count). The summed E-state index contributed by atoms with van der Waals surface area (Å²) in [4.78, 5) is 16.5. The SMILES string of the molecule is CC(C)(C)c1cc(-c2cc(-c3cc4c5ccc(c4o3)CCc3ccc(cc3)CC5)ccn2)[c-]c2ccccc12.CCC(CC)C(=O)/C=C(\O)C(CC)CC.[Ir]. The van der Waals surface area contributed by atoms with E-state index in [0.29, 0.717) is 0 Å². The molecule has 2 aromatic heterocycles. The van der Waals surface area contributed by atoms with Crippen molar-refractivity contribution in [2.75, 3.05) is 0 Å². The van der Waals surface area contributed by atoms with Gasteiger partial charge < -0.3 is 9.52 Å². The van der Waals surface area contributed by atoms with Gasteiger partial charge in [-0.25, -0.2) is 0 Å². The first kappa shape index (κ1) is 41.8. The number of hydrogen-bond acceptors (Lipinski definition) is 4. The number of pyridine rings is 1. The molecule has 1 N–H and O–H groups in total. The van der Waals surface area contributed by atoms with Crippen molar-refractivity contribution in [1.82, 2.24) is 4.98 Å². The number of aromatic nitrogens is 1. The van der Waals surface area contributed by atoms with E-state index >= 15 is 0 Å². The minimum atomic E-state index is 0. The summed E-state index contributed by atoms with van der Waals surface area (Å²) in [7, 11) is 0. The van der Waals surface area contributed by atoms with E-state index in [0.717, 1.165) is 84.9 Å². The van der Waals surface area contributed by atoms with Gasteiger partial charge in [0.1, 0.15) is 11.3 Å². The second-order valence-electron chi connectivity index (χ2n) is 15.9. The molecule has 1 radical (unpaired) electrons. The Bertz CT molecular complexity index is 2180. The van der Waals surface area contributed by atoms with Crippen molar-refractivity contribution in [1.29, 1.82) is 0 Å². The van der Waals surface area contributed by atoms with E-state index in [4.69, 9.17) is 9.40 Å². The zero-order valence-electron chi connectivity index (χ0n) is 33.6. The average Bonchev–Trinajstić information content (AvgIpc) is 3.63. The van der Waals surface area contributed by atoms with Crippen molar-refractivity contribution in [2.24, 2.45) is 11.8 Å². The molecule has 4 nitrogen and oxygen atoms in total. The molecule has 4 aliphatic carbocycles. The molecule has 5 heteroatoms. The topological polar surface area (TPSA) is 63.3 Å². The van der Waals surface area contributed by atoms with E-state index in [1.54, 1.807) is 0 Å².